The predicted octanol–water partition coefficient (Wildman–Crippen LogP) is 0.987. The molecular formula is C49H63N11O13S. The first-order valence-corrected chi connectivity index (χ1v) is 24.6. The molecule has 2 aromatic rings. The molecule has 0 aliphatic carbocycles. The first-order chi connectivity index (χ1) is 35.1. The zero-order valence-electron chi connectivity index (χ0n) is 41.2. The number of aromatic hydroxyl groups is 1. The highest BCUT2D eigenvalue weighted by molar-refractivity contribution is 7.99. The molecular weight excluding hydrogens is 983 g/mol. The molecule has 1 unspecified atom stereocenters. The first kappa shape index (κ1) is 57.2. The standard InChI is InChI=1S/C49H63N11O13S/c1-6-38(63)56-25-57(39(64)7-2)27-58(26-56)40(65)18-20-74-24-37(62)55-41(28(3)4)45(68)54-34(9-8-19-52-48(51)71)44(67)53-32-14-11-30(12-15-32)23-73-49(72)60-42-33(16-10-29(5)43(42)66)46(69)59-22-31(13-17-36(50)61)21-35(59)47(60)70/h6-7,10-17,22,28,34-35,38,41,47,63,66,70H,1-2,8-9,18-21,23-27H2,3-5H3,(H2,50,61)(H,53,67)(H,54,68)(H,55,62)(H3,51,52,71)/b17-13+/t34-,35-,38?,41-,47-/m0/s1. The summed E-state index contributed by atoms with van der Waals surface area (Å²) in [4.78, 5) is 123. The van der Waals surface area contributed by atoms with Crippen molar-refractivity contribution >= 4 is 76.6 Å². The number of rotatable bonds is 22. The van der Waals surface area contributed by atoms with E-state index in [0.29, 0.717) is 16.7 Å². The largest absolute Gasteiger partial charge is 0.505 e. The zero-order valence-corrected chi connectivity index (χ0v) is 42.0. The average molecular weight is 1050 g/mol. The van der Waals surface area contributed by atoms with E-state index in [9.17, 15) is 58.5 Å². The molecule has 2 aromatic carbocycles. The summed E-state index contributed by atoms with van der Waals surface area (Å²) in [5, 5.41) is 43.6. The van der Waals surface area contributed by atoms with Crippen LogP contribution >= 0.6 is 11.8 Å². The number of amides is 10. The number of thioether (sulfide) groups is 1. The Hall–Kier alpha value is -7.74. The Morgan fingerprint density at radius 2 is 1.66 bits per heavy atom. The van der Waals surface area contributed by atoms with Crippen LogP contribution in [0.5, 0.6) is 5.75 Å². The minimum Gasteiger partial charge on any atom is -0.505 e. The molecule has 10 amide bonds. The minimum atomic E-state index is -1.71. The monoisotopic (exact) mass is 1050 g/mol. The fourth-order valence-corrected chi connectivity index (χ4v) is 8.83. The number of hydrogen-bond acceptors (Lipinski definition) is 15. The fraction of sp³-hybridized carbons (Fsp3) is 0.408. The van der Waals surface area contributed by atoms with Crippen molar-refractivity contribution in [3.05, 3.63) is 102 Å². The number of benzene rings is 2. The van der Waals surface area contributed by atoms with Crippen LogP contribution in [0.4, 0.5) is 21.0 Å². The number of phenolic OH excluding ortho intramolecular Hbond substituents is 1. The molecule has 74 heavy (non-hydrogen) atoms. The van der Waals surface area contributed by atoms with Crippen LogP contribution in [0.25, 0.3) is 0 Å². The van der Waals surface area contributed by atoms with E-state index in [1.54, 1.807) is 32.9 Å². The molecule has 1 fully saturated rings. The zero-order chi connectivity index (χ0) is 54.4. The summed E-state index contributed by atoms with van der Waals surface area (Å²) in [6.07, 6.45) is 2.71. The van der Waals surface area contributed by atoms with Crippen LogP contribution in [-0.2, 0) is 40.1 Å². The van der Waals surface area contributed by atoms with Gasteiger partial charge < -0.3 is 67.5 Å². The Morgan fingerprint density at radius 1 is 0.959 bits per heavy atom. The van der Waals surface area contributed by atoms with Crippen molar-refractivity contribution in [3.8, 4) is 5.75 Å². The van der Waals surface area contributed by atoms with Crippen LogP contribution in [0, 0.1) is 12.8 Å². The Morgan fingerprint density at radius 3 is 2.31 bits per heavy atom. The number of allylic oxidation sites excluding steroid dienone is 1. The van der Waals surface area contributed by atoms with E-state index in [-0.39, 0.29) is 93.2 Å². The van der Waals surface area contributed by atoms with Gasteiger partial charge in [-0.05, 0) is 79.2 Å². The van der Waals surface area contributed by atoms with Gasteiger partial charge in [0.2, 0.25) is 35.4 Å². The van der Waals surface area contributed by atoms with Gasteiger partial charge in [-0.2, -0.15) is 11.8 Å². The summed E-state index contributed by atoms with van der Waals surface area (Å²) < 4.78 is 5.61. The SMILES string of the molecule is C=CC(=O)N1CN(C(=O)CCSCC(=O)N[C@H](C(=O)N[C@@H](CCCNC(N)=O)C(=O)Nc2ccc(COC(=O)N3c4c(ccc(C)c4O)C(=O)N4C=C(/C=C/C(N)=O)C[C@H]4[C@@H]3O)cc2)C(C)C)CN(C(O)C=C)C1. The van der Waals surface area contributed by atoms with E-state index in [0.717, 1.165) is 28.8 Å². The van der Waals surface area contributed by atoms with Crippen LogP contribution in [0.2, 0.25) is 0 Å². The summed E-state index contributed by atoms with van der Waals surface area (Å²) in [7, 11) is 0. The Bertz CT molecular complexity index is 2560. The number of nitrogens with zero attached hydrogens (tertiary/aromatic N) is 5. The third-order valence-corrected chi connectivity index (χ3v) is 13.0. The van der Waals surface area contributed by atoms with Gasteiger partial charge in [-0.25, -0.2) is 19.4 Å². The van der Waals surface area contributed by atoms with Crippen LogP contribution in [0.15, 0.2) is 85.6 Å². The molecule has 398 valence electrons. The number of anilines is 2. The number of nitrogens with two attached hydrogens (primary N) is 2. The molecule has 5 atom stereocenters. The van der Waals surface area contributed by atoms with Gasteiger partial charge in [0.1, 0.15) is 36.4 Å². The highest BCUT2D eigenvalue weighted by atomic mass is 32.2. The van der Waals surface area contributed by atoms with Gasteiger partial charge in [-0.15, -0.1) is 0 Å². The minimum absolute atomic E-state index is 0.00701. The number of carbonyl (C=O) groups is 9. The molecule has 5 rings (SSSR count). The number of fused-ring (bicyclic) bond motifs is 2. The van der Waals surface area contributed by atoms with Crippen LogP contribution in [0.1, 0.15) is 61.0 Å². The summed E-state index contributed by atoms with van der Waals surface area (Å²) in [5.74, 6) is -4.64. The van der Waals surface area contributed by atoms with E-state index in [4.69, 9.17) is 16.2 Å². The molecule has 0 aromatic heterocycles. The van der Waals surface area contributed by atoms with E-state index in [1.165, 1.54) is 62.2 Å². The quantitative estimate of drug-likeness (QED) is 0.0451. The van der Waals surface area contributed by atoms with Crippen molar-refractivity contribution in [1.29, 1.82) is 0 Å². The van der Waals surface area contributed by atoms with Crippen molar-refractivity contribution < 1.29 is 63.2 Å². The number of ether oxygens (including phenoxy) is 1. The molecule has 11 N–H and O–H groups in total. The molecule has 1 saturated heterocycles. The Labute approximate surface area is 431 Å². The summed E-state index contributed by atoms with van der Waals surface area (Å²) in [6, 6.07) is 4.97. The normalized spacial score (nSPS) is 17.8. The smallest absolute Gasteiger partial charge is 0.416 e. The Kier molecular flexibility index (Phi) is 20.3. The molecule has 3 heterocycles. The maximum Gasteiger partial charge on any atom is 0.416 e. The van der Waals surface area contributed by atoms with Crippen molar-refractivity contribution in [2.45, 2.75) is 83.6 Å². The molecule has 0 bridgehead atoms. The number of hydrogen-bond donors (Lipinski definition) is 9. The molecule has 24 nitrogen and oxygen atoms in total. The van der Waals surface area contributed by atoms with Gasteiger partial charge in [0.15, 0.2) is 6.23 Å². The molecule has 3 aliphatic heterocycles. The van der Waals surface area contributed by atoms with Crippen LogP contribution < -0.4 is 37.6 Å². The summed E-state index contributed by atoms with van der Waals surface area (Å²) in [5.41, 5.74) is 11.6. The van der Waals surface area contributed by atoms with Gasteiger partial charge >= 0.3 is 12.1 Å². The summed E-state index contributed by atoms with van der Waals surface area (Å²) in [6.45, 7) is 11.8. The third kappa shape index (κ3) is 14.9. The lowest BCUT2D eigenvalue weighted by atomic mass is 10.0. The van der Waals surface area contributed by atoms with Gasteiger partial charge in [0.25, 0.3) is 5.91 Å². The number of nitrogens with one attached hydrogen (secondary N) is 4. The highest BCUT2D eigenvalue weighted by Crippen LogP contribution is 2.42. The van der Waals surface area contributed by atoms with Crippen LogP contribution in [0.3, 0.4) is 0 Å². The summed E-state index contributed by atoms with van der Waals surface area (Å²) >= 11 is 1.15. The van der Waals surface area contributed by atoms with Crippen molar-refractivity contribution in [2.24, 2.45) is 17.4 Å². The number of urea groups is 1. The van der Waals surface area contributed by atoms with Gasteiger partial charge in [0.05, 0.1) is 37.4 Å². The number of aliphatic hydroxyl groups excluding tert-OH is 2. The highest BCUT2D eigenvalue weighted by Gasteiger charge is 2.46. The second kappa shape index (κ2) is 26.3. The maximum atomic E-state index is 13.8. The topological polar surface area (TPSA) is 340 Å². The second-order valence-corrected chi connectivity index (χ2v) is 18.9. The van der Waals surface area contributed by atoms with E-state index < -0.39 is 89.8 Å². The van der Waals surface area contributed by atoms with E-state index in [2.05, 4.69) is 34.4 Å². The average Bonchev–Trinajstić information content (AvgIpc) is 3.78. The number of aryl methyl sites for hydroxylation is 1. The maximum absolute atomic E-state index is 13.8. The Balaban J connectivity index is 1.18. The number of primary amides is 2. The van der Waals surface area contributed by atoms with Gasteiger partial charge in [-0.3, -0.25) is 33.6 Å². The molecule has 0 spiro atoms. The number of aliphatic hydroxyl groups is 2. The van der Waals surface area contributed by atoms with Gasteiger partial charge in [-0.1, -0.05) is 51.3 Å². The lowest BCUT2D eigenvalue weighted by Crippen LogP contribution is -2.60. The lowest BCUT2D eigenvalue weighted by molar-refractivity contribution is -0.156. The molecule has 3 aliphatic rings. The fourth-order valence-electron chi connectivity index (χ4n) is 8.10. The van der Waals surface area contributed by atoms with Crippen molar-refractivity contribution in [2.75, 3.05) is 48.3 Å². The second-order valence-electron chi connectivity index (χ2n) is 17.8. The number of carbonyl (C=O) groups excluding carboxylic acids is 9. The molecule has 0 radical (unpaired) electrons. The first-order valence-electron chi connectivity index (χ1n) is 23.5. The van der Waals surface area contributed by atoms with Crippen molar-refractivity contribution in [3.63, 3.8) is 0 Å². The van der Waals surface area contributed by atoms with E-state index >= 15 is 0 Å². The molecule has 0 saturated carbocycles. The predicted molar refractivity (Wildman–Crippen MR) is 272 cm³/mol. The third-order valence-electron chi connectivity index (χ3n) is 12.0. The van der Waals surface area contributed by atoms with E-state index in [1.807, 2.05) is 0 Å². The van der Waals surface area contributed by atoms with Crippen molar-refractivity contribution in [1.82, 2.24) is 35.6 Å². The molecule has 25 heteroatoms. The van der Waals surface area contributed by atoms with Gasteiger partial charge in [0, 0.05) is 36.7 Å². The van der Waals surface area contributed by atoms with Crippen LogP contribution in [-0.4, -0.2) is 157 Å². The lowest BCUT2D eigenvalue weighted by Gasteiger charge is -2.43. The number of phenols is 1.